The van der Waals surface area contributed by atoms with E-state index >= 15 is 0 Å². The van der Waals surface area contributed by atoms with Gasteiger partial charge in [-0.2, -0.15) is 10.4 Å². The van der Waals surface area contributed by atoms with Crippen molar-refractivity contribution in [2.24, 2.45) is 5.14 Å². The summed E-state index contributed by atoms with van der Waals surface area (Å²) in [4.78, 5) is 0. The summed E-state index contributed by atoms with van der Waals surface area (Å²) in [6.45, 7) is 1.62. The number of hydrogen-bond donors (Lipinski definition) is 1. The highest BCUT2D eigenvalue weighted by Gasteiger charge is 2.29. The molecule has 2 N–H and O–H groups in total. The number of aryl methyl sites for hydroxylation is 1. The van der Waals surface area contributed by atoms with E-state index in [4.69, 9.17) is 10.4 Å². The van der Waals surface area contributed by atoms with Gasteiger partial charge in [-0.25, -0.2) is 18.2 Å². The lowest BCUT2D eigenvalue weighted by Gasteiger charge is -2.12. The molecule has 2 rings (SSSR count). The van der Waals surface area contributed by atoms with Crippen LogP contribution < -0.4 is 5.14 Å². The number of nitrogens with two attached hydrogens (primary N) is 1. The summed E-state index contributed by atoms with van der Waals surface area (Å²) in [5.41, 5.74) is 0.489. The quantitative estimate of drug-likeness (QED) is 0.844. The number of aromatic nitrogens is 2. The molecule has 0 amide bonds. The number of primary sulfonamides is 1. The van der Waals surface area contributed by atoms with Crippen molar-refractivity contribution in [2.75, 3.05) is 0 Å². The summed E-state index contributed by atoms with van der Waals surface area (Å²) in [5.74, 6) is 0. The average molecular weight is 254 g/mol. The highest BCUT2D eigenvalue weighted by Crippen LogP contribution is 2.32. The number of hydrogen-bond acceptors (Lipinski definition) is 4. The molecule has 0 radical (unpaired) electrons. The van der Waals surface area contributed by atoms with Crippen LogP contribution >= 0.6 is 0 Å². The first-order chi connectivity index (χ1) is 7.95. The Bertz CT molecular complexity index is 576. The van der Waals surface area contributed by atoms with Gasteiger partial charge in [-0.05, 0) is 19.8 Å². The molecule has 0 saturated heterocycles. The van der Waals surface area contributed by atoms with E-state index in [-0.39, 0.29) is 16.6 Å². The van der Waals surface area contributed by atoms with Gasteiger partial charge in [0.15, 0.2) is 5.03 Å². The fourth-order valence-electron chi connectivity index (χ4n) is 2.32. The van der Waals surface area contributed by atoms with Crippen molar-refractivity contribution in [1.82, 2.24) is 9.78 Å². The third-order valence-corrected chi connectivity index (χ3v) is 4.02. The zero-order valence-corrected chi connectivity index (χ0v) is 10.4. The van der Waals surface area contributed by atoms with E-state index in [1.54, 1.807) is 6.92 Å². The molecule has 0 unspecified atom stereocenters. The molecule has 0 atom stereocenters. The van der Waals surface area contributed by atoms with Gasteiger partial charge in [-0.1, -0.05) is 12.8 Å². The van der Waals surface area contributed by atoms with Crippen LogP contribution in [-0.2, 0) is 10.0 Å². The van der Waals surface area contributed by atoms with Crippen LogP contribution in [-0.4, -0.2) is 18.2 Å². The van der Waals surface area contributed by atoms with E-state index in [0.717, 1.165) is 25.7 Å². The highest BCUT2D eigenvalue weighted by molar-refractivity contribution is 7.89. The lowest BCUT2D eigenvalue weighted by molar-refractivity contribution is 0.425. The maximum absolute atomic E-state index is 11.6. The van der Waals surface area contributed by atoms with Crippen molar-refractivity contribution in [1.29, 1.82) is 5.26 Å². The molecule has 7 heteroatoms. The number of sulfonamides is 1. The molecule has 0 aromatic carbocycles. The van der Waals surface area contributed by atoms with Gasteiger partial charge in [0.05, 0.1) is 11.7 Å². The number of nitrogens with zero attached hydrogens (tertiary/aromatic N) is 3. The molecule has 1 aliphatic rings. The Morgan fingerprint density at radius 2 is 2.06 bits per heavy atom. The second-order valence-corrected chi connectivity index (χ2v) is 5.78. The predicted octanol–water partition coefficient (Wildman–Crippen LogP) is 0.826. The van der Waals surface area contributed by atoms with E-state index in [0.29, 0.717) is 5.69 Å². The van der Waals surface area contributed by atoms with Crippen molar-refractivity contribution in [3.8, 4) is 6.07 Å². The second-order valence-electron chi connectivity index (χ2n) is 4.31. The topological polar surface area (TPSA) is 102 Å². The summed E-state index contributed by atoms with van der Waals surface area (Å²) in [6.07, 6.45) is 3.87. The van der Waals surface area contributed by atoms with E-state index in [2.05, 4.69) is 5.10 Å². The molecule has 0 aliphatic heterocycles. The Balaban J connectivity index is 2.64. The van der Waals surface area contributed by atoms with Crippen molar-refractivity contribution in [2.45, 2.75) is 43.7 Å². The maximum Gasteiger partial charge on any atom is 0.256 e. The van der Waals surface area contributed by atoms with Crippen molar-refractivity contribution < 1.29 is 8.42 Å². The Morgan fingerprint density at radius 3 is 2.53 bits per heavy atom. The van der Waals surface area contributed by atoms with Gasteiger partial charge in [-0.3, -0.25) is 0 Å². The summed E-state index contributed by atoms with van der Waals surface area (Å²) in [5, 5.41) is 18.2. The molecule has 1 aromatic rings. The molecule has 0 bridgehead atoms. The van der Waals surface area contributed by atoms with Crippen molar-refractivity contribution in [3.63, 3.8) is 0 Å². The minimum absolute atomic E-state index is 0.0455. The summed E-state index contributed by atoms with van der Waals surface area (Å²) in [7, 11) is -3.91. The average Bonchev–Trinajstić information content (AvgIpc) is 2.81. The smallest absolute Gasteiger partial charge is 0.248 e. The molecule has 1 heterocycles. The fourth-order valence-corrected chi connectivity index (χ4v) is 3.25. The Kier molecular flexibility index (Phi) is 2.93. The highest BCUT2D eigenvalue weighted by atomic mass is 32.2. The van der Waals surface area contributed by atoms with E-state index in [1.807, 2.05) is 6.07 Å². The van der Waals surface area contributed by atoms with Crippen LogP contribution in [0, 0.1) is 18.3 Å². The first-order valence-corrected chi connectivity index (χ1v) is 7.01. The van der Waals surface area contributed by atoms with Crippen LogP contribution in [0.25, 0.3) is 0 Å². The third kappa shape index (κ3) is 2.06. The summed E-state index contributed by atoms with van der Waals surface area (Å²) in [6, 6.07) is 1.92. The standard InChI is InChI=1S/C10H14N4O2S/c1-7-9(6-11)10(17(12,15)16)14(13-7)8-4-2-3-5-8/h8H,2-5H2,1H3,(H2,12,15,16). The van der Waals surface area contributed by atoms with Gasteiger partial charge in [-0.15, -0.1) is 0 Å². The van der Waals surface area contributed by atoms with E-state index in [9.17, 15) is 8.42 Å². The monoisotopic (exact) mass is 254 g/mol. The SMILES string of the molecule is Cc1nn(C2CCCC2)c(S(N)(=O)=O)c1C#N. The molecule has 1 aliphatic carbocycles. The van der Waals surface area contributed by atoms with Gasteiger partial charge >= 0.3 is 0 Å². The van der Waals surface area contributed by atoms with Crippen LogP contribution in [0.2, 0.25) is 0 Å². The van der Waals surface area contributed by atoms with Gasteiger partial charge in [0, 0.05) is 0 Å². The Morgan fingerprint density at radius 1 is 1.47 bits per heavy atom. The largest absolute Gasteiger partial charge is 0.256 e. The van der Waals surface area contributed by atoms with Crippen LogP contribution in [0.3, 0.4) is 0 Å². The van der Waals surface area contributed by atoms with Crippen LogP contribution in [0.15, 0.2) is 5.03 Å². The van der Waals surface area contributed by atoms with Gasteiger partial charge < -0.3 is 0 Å². The summed E-state index contributed by atoms with van der Waals surface area (Å²) < 4.78 is 24.6. The zero-order chi connectivity index (χ0) is 12.6. The normalized spacial score (nSPS) is 17.2. The van der Waals surface area contributed by atoms with Crippen LogP contribution in [0.4, 0.5) is 0 Å². The number of rotatable bonds is 2. The first kappa shape index (κ1) is 12.1. The van der Waals surface area contributed by atoms with Crippen LogP contribution in [0.1, 0.15) is 43.0 Å². The molecule has 1 saturated carbocycles. The lowest BCUT2D eigenvalue weighted by atomic mass is 10.2. The predicted molar refractivity (Wildman–Crippen MR) is 60.6 cm³/mol. The van der Waals surface area contributed by atoms with E-state index in [1.165, 1.54) is 4.68 Å². The third-order valence-electron chi connectivity index (χ3n) is 3.09. The van der Waals surface area contributed by atoms with Crippen LogP contribution in [0.5, 0.6) is 0 Å². The summed E-state index contributed by atoms with van der Waals surface area (Å²) >= 11 is 0. The molecular formula is C10H14N4O2S. The molecule has 1 fully saturated rings. The second kappa shape index (κ2) is 4.13. The Labute approximate surface area is 100 Å². The first-order valence-electron chi connectivity index (χ1n) is 5.47. The minimum atomic E-state index is -3.91. The van der Waals surface area contributed by atoms with Gasteiger partial charge in [0.2, 0.25) is 0 Å². The number of nitriles is 1. The molecule has 17 heavy (non-hydrogen) atoms. The molecule has 1 aromatic heterocycles. The maximum atomic E-state index is 11.6. The molecule has 6 nitrogen and oxygen atoms in total. The minimum Gasteiger partial charge on any atom is -0.248 e. The van der Waals surface area contributed by atoms with E-state index < -0.39 is 10.0 Å². The fraction of sp³-hybridized carbons (Fsp3) is 0.600. The van der Waals surface area contributed by atoms with Crippen molar-refractivity contribution in [3.05, 3.63) is 11.3 Å². The molecular weight excluding hydrogens is 240 g/mol. The van der Waals surface area contributed by atoms with Gasteiger partial charge in [0.25, 0.3) is 10.0 Å². The van der Waals surface area contributed by atoms with Crippen molar-refractivity contribution >= 4 is 10.0 Å². The van der Waals surface area contributed by atoms with Gasteiger partial charge in [0.1, 0.15) is 11.6 Å². The molecule has 0 spiro atoms. The zero-order valence-electron chi connectivity index (χ0n) is 9.55. The Hall–Kier alpha value is -1.39. The lowest BCUT2D eigenvalue weighted by Crippen LogP contribution is -2.21. The molecule has 92 valence electrons.